The van der Waals surface area contributed by atoms with Gasteiger partial charge in [0.25, 0.3) is 0 Å². The Morgan fingerprint density at radius 2 is 1.53 bits per heavy atom. The summed E-state index contributed by atoms with van der Waals surface area (Å²) in [6.45, 7) is 10.6. The highest BCUT2D eigenvalue weighted by Crippen LogP contribution is 2.04. The first kappa shape index (κ1) is 14.3. The molecule has 0 bridgehead atoms. The van der Waals surface area contributed by atoms with Crippen molar-refractivity contribution in [3.63, 3.8) is 0 Å². The van der Waals surface area contributed by atoms with Crippen LogP contribution in [0.2, 0.25) is 0 Å². The Balaban J connectivity index is 0.000000437. The van der Waals surface area contributed by atoms with Gasteiger partial charge in [0, 0.05) is 39.3 Å². The zero-order chi connectivity index (χ0) is 12.5. The third kappa shape index (κ3) is 4.91. The summed E-state index contributed by atoms with van der Waals surface area (Å²) in [5.41, 5.74) is 0. The number of urea groups is 1. The van der Waals surface area contributed by atoms with Gasteiger partial charge >= 0.3 is 6.03 Å². The van der Waals surface area contributed by atoms with Gasteiger partial charge in [0.15, 0.2) is 0 Å². The third-order valence-electron chi connectivity index (χ3n) is 2.67. The third-order valence-corrected chi connectivity index (χ3v) is 2.67. The summed E-state index contributed by atoms with van der Waals surface area (Å²) in [7, 11) is 0. The zero-order valence-electron chi connectivity index (χ0n) is 11.1. The van der Waals surface area contributed by atoms with E-state index in [-0.39, 0.29) is 6.03 Å². The number of nitrogens with one attached hydrogen (secondary N) is 1. The number of carbonyl (C=O) groups is 1. The summed E-state index contributed by atoms with van der Waals surface area (Å²) in [4.78, 5) is 15.7. The fraction of sp³-hybridized carbons (Fsp3) is 0.917. The average Bonchev–Trinajstić information content (AvgIpc) is 2.41. The minimum atomic E-state index is 0.176. The number of hydrogen-bond acceptors (Lipinski definition) is 3. The topological polar surface area (TPSA) is 44.8 Å². The van der Waals surface area contributed by atoms with E-state index in [0.29, 0.717) is 13.2 Å². The molecule has 2 heterocycles. The van der Waals surface area contributed by atoms with Crippen LogP contribution in [0.3, 0.4) is 0 Å². The van der Waals surface area contributed by atoms with Gasteiger partial charge in [-0.3, -0.25) is 0 Å². The Labute approximate surface area is 104 Å². The summed E-state index contributed by atoms with van der Waals surface area (Å²) < 4.78 is 5.21. The smallest absolute Gasteiger partial charge is 0.320 e. The molecule has 0 spiro atoms. The van der Waals surface area contributed by atoms with E-state index in [4.69, 9.17) is 4.74 Å². The van der Waals surface area contributed by atoms with Gasteiger partial charge in [-0.05, 0) is 0 Å². The maximum atomic E-state index is 11.9. The lowest BCUT2D eigenvalue weighted by Gasteiger charge is -2.35. The Hall–Kier alpha value is -0.810. The maximum absolute atomic E-state index is 11.9. The van der Waals surface area contributed by atoms with E-state index in [1.165, 1.54) is 6.42 Å². The molecule has 2 aliphatic heterocycles. The van der Waals surface area contributed by atoms with Crippen LogP contribution in [0.15, 0.2) is 0 Å². The first-order valence-electron chi connectivity index (χ1n) is 6.61. The fourth-order valence-electron chi connectivity index (χ4n) is 1.81. The number of piperazine rings is 1. The molecule has 100 valence electrons. The highest BCUT2D eigenvalue weighted by Gasteiger charge is 2.23. The lowest BCUT2D eigenvalue weighted by molar-refractivity contribution is 0.0423. The van der Waals surface area contributed by atoms with Crippen molar-refractivity contribution >= 4 is 6.03 Å². The molecule has 0 aliphatic carbocycles. The second-order valence-corrected chi connectivity index (χ2v) is 4.33. The van der Waals surface area contributed by atoms with Gasteiger partial charge in [0.1, 0.15) is 0 Å². The Morgan fingerprint density at radius 1 is 1.06 bits per heavy atom. The molecule has 2 rings (SSSR count). The van der Waals surface area contributed by atoms with Crippen LogP contribution in [0.25, 0.3) is 0 Å². The predicted octanol–water partition coefficient (Wildman–Crippen LogP) is 0.760. The number of morpholine rings is 1. The van der Waals surface area contributed by atoms with Crippen molar-refractivity contribution in [2.45, 2.75) is 20.3 Å². The van der Waals surface area contributed by atoms with Crippen LogP contribution >= 0.6 is 0 Å². The van der Waals surface area contributed by atoms with Crippen molar-refractivity contribution in [1.82, 2.24) is 15.1 Å². The van der Waals surface area contributed by atoms with E-state index in [1.54, 1.807) is 0 Å². The Morgan fingerprint density at radius 3 is 2.06 bits per heavy atom. The van der Waals surface area contributed by atoms with Gasteiger partial charge in [0.05, 0.1) is 13.2 Å². The van der Waals surface area contributed by atoms with Crippen molar-refractivity contribution in [1.29, 1.82) is 0 Å². The van der Waals surface area contributed by atoms with Crippen molar-refractivity contribution in [2.24, 2.45) is 0 Å². The van der Waals surface area contributed by atoms with Gasteiger partial charge in [-0.15, -0.1) is 0 Å². The van der Waals surface area contributed by atoms with E-state index >= 15 is 0 Å². The highest BCUT2D eigenvalue weighted by molar-refractivity contribution is 5.74. The molecule has 5 heteroatoms. The van der Waals surface area contributed by atoms with Gasteiger partial charge in [0.2, 0.25) is 0 Å². The summed E-state index contributed by atoms with van der Waals surface area (Å²) in [5.74, 6) is 0. The van der Waals surface area contributed by atoms with Crippen LogP contribution in [0, 0.1) is 0 Å². The lowest BCUT2D eigenvalue weighted by atomic mass is 10.3. The van der Waals surface area contributed by atoms with Crippen LogP contribution in [0.5, 0.6) is 0 Å². The molecule has 0 unspecified atom stereocenters. The average molecular weight is 243 g/mol. The minimum absolute atomic E-state index is 0.176. The van der Waals surface area contributed by atoms with Gasteiger partial charge in [-0.25, -0.2) is 4.79 Å². The minimum Gasteiger partial charge on any atom is -0.378 e. The monoisotopic (exact) mass is 243 g/mol. The molecule has 2 saturated heterocycles. The molecule has 0 aromatic heterocycles. The fourth-order valence-corrected chi connectivity index (χ4v) is 1.81. The molecule has 0 atom stereocenters. The second kappa shape index (κ2) is 8.31. The van der Waals surface area contributed by atoms with E-state index in [1.807, 2.05) is 9.80 Å². The van der Waals surface area contributed by atoms with Crippen LogP contribution < -0.4 is 5.32 Å². The molecule has 1 N–H and O–H groups in total. The number of carbonyl (C=O) groups excluding carboxylic acids is 1. The highest BCUT2D eigenvalue weighted by atomic mass is 16.5. The number of hydrogen-bond donors (Lipinski definition) is 1. The van der Waals surface area contributed by atoms with Crippen LogP contribution in [-0.2, 0) is 4.74 Å². The molecule has 2 amide bonds. The Kier molecular flexibility index (Phi) is 6.96. The van der Waals surface area contributed by atoms with Crippen molar-refractivity contribution in [2.75, 3.05) is 52.5 Å². The van der Waals surface area contributed by atoms with E-state index in [9.17, 15) is 4.79 Å². The van der Waals surface area contributed by atoms with Crippen molar-refractivity contribution in [3.05, 3.63) is 0 Å². The summed E-state index contributed by atoms with van der Waals surface area (Å²) in [6, 6.07) is 0.176. The summed E-state index contributed by atoms with van der Waals surface area (Å²) in [5, 5.41) is 3.24. The summed E-state index contributed by atoms with van der Waals surface area (Å²) in [6.07, 6.45) is 1.25. The lowest BCUT2D eigenvalue weighted by Crippen LogP contribution is -2.53. The van der Waals surface area contributed by atoms with Crippen LogP contribution in [-0.4, -0.2) is 68.3 Å². The molecule has 0 aromatic rings. The molecule has 5 nitrogen and oxygen atoms in total. The standard InChI is InChI=1S/C9H17N3O2.C3H8/c13-9(11-3-1-10-2-4-11)12-5-7-14-8-6-12;1-3-2/h10H,1-8H2;3H2,1-2H3. The van der Waals surface area contributed by atoms with Crippen LogP contribution in [0.1, 0.15) is 20.3 Å². The second-order valence-electron chi connectivity index (χ2n) is 4.33. The van der Waals surface area contributed by atoms with Crippen molar-refractivity contribution in [3.8, 4) is 0 Å². The molecule has 17 heavy (non-hydrogen) atoms. The van der Waals surface area contributed by atoms with Crippen LogP contribution in [0.4, 0.5) is 4.79 Å². The number of rotatable bonds is 0. The van der Waals surface area contributed by atoms with Gasteiger partial charge < -0.3 is 19.9 Å². The molecule has 0 radical (unpaired) electrons. The summed E-state index contributed by atoms with van der Waals surface area (Å²) >= 11 is 0. The molecular weight excluding hydrogens is 218 g/mol. The molecule has 2 fully saturated rings. The maximum Gasteiger partial charge on any atom is 0.320 e. The predicted molar refractivity (Wildman–Crippen MR) is 68.2 cm³/mol. The van der Waals surface area contributed by atoms with E-state index < -0.39 is 0 Å². The van der Waals surface area contributed by atoms with Gasteiger partial charge in [-0.2, -0.15) is 0 Å². The number of ether oxygens (including phenoxy) is 1. The Bertz CT molecular complexity index is 192. The van der Waals surface area contributed by atoms with E-state index in [2.05, 4.69) is 19.2 Å². The SMILES string of the molecule is CCC.O=C(N1CCNCC1)N1CCOCC1. The quantitative estimate of drug-likeness (QED) is 0.683. The number of amides is 2. The normalized spacial score (nSPS) is 20.6. The zero-order valence-corrected chi connectivity index (χ0v) is 11.1. The first-order valence-corrected chi connectivity index (χ1v) is 6.61. The molecule has 0 aromatic carbocycles. The van der Waals surface area contributed by atoms with E-state index in [0.717, 1.165) is 39.3 Å². The molecule has 2 aliphatic rings. The van der Waals surface area contributed by atoms with Crippen molar-refractivity contribution < 1.29 is 9.53 Å². The molecule has 0 saturated carbocycles. The van der Waals surface area contributed by atoms with Gasteiger partial charge in [-0.1, -0.05) is 20.3 Å². The largest absolute Gasteiger partial charge is 0.378 e. The molecular formula is C12H25N3O2. The first-order chi connectivity index (χ1) is 8.29. The number of nitrogens with zero attached hydrogens (tertiary/aromatic N) is 2.